The molecule has 5 nitrogen and oxygen atoms in total. The molecule has 0 spiro atoms. The predicted octanol–water partition coefficient (Wildman–Crippen LogP) is 4.48. The van der Waals surface area contributed by atoms with Crippen LogP contribution in [-0.2, 0) is 0 Å². The second kappa shape index (κ2) is 6.67. The van der Waals surface area contributed by atoms with Gasteiger partial charge in [-0.05, 0) is 36.2 Å². The first-order valence-electron chi connectivity index (χ1n) is 8.40. The van der Waals surface area contributed by atoms with Gasteiger partial charge in [0, 0.05) is 11.0 Å². The lowest BCUT2D eigenvalue weighted by Crippen LogP contribution is -2.43. The molecule has 0 bridgehead atoms. The monoisotopic (exact) mass is 341 g/mol. The largest absolute Gasteiger partial charge is 0.494 e. The highest BCUT2D eigenvalue weighted by Gasteiger charge is 2.38. The molecule has 2 aromatic rings. The van der Waals surface area contributed by atoms with E-state index in [9.17, 15) is 4.79 Å². The van der Waals surface area contributed by atoms with E-state index in [-0.39, 0.29) is 11.5 Å². The van der Waals surface area contributed by atoms with Crippen molar-refractivity contribution in [3.05, 3.63) is 48.0 Å². The number of benzene rings is 2. The molecule has 1 aliphatic heterocycles. The maximum absolute atomic E-state index is 11.2. The van der Waals surface area contributed by atoms with Crippen molar-refractivity contribution < 1.29 is 19.4 Å². The summed E-state index contributed by atoms with van der Waals surface area (Å²) >= 11 is 0. The van der Waals surface area contributed by atoms with Gasteiger partial charge in [-0.2, -0.15) is 0 Å². The fourth-order valence-electron chi connectivity index (χ4n) is 3.15. The summed E-state index contributed by atoms with van der Waals surface area (Å²) in [5.41, 5.74) is 2.64. The van der Waals surface area contributed by atoms with Crippen molar-refractivity contribution in [3.63, 3.8) is 0 Å². The van der Waals surface area contributed by atoms with Crippen LogP contribution in [0.25, 0.3) is 11.1 Å². The fraction of sp³-hybridized carbons (Fsp3) is 0.350. The molecule has 1 aliphatic rings. The second-order valence-electron chi connectivity index (χ2n) is 6.87. The molecule has 0 saturated carbocycles. The number of amides is 1. The minimum Gasteiger partial charge on any atom is -0.494 e. The van der Waals surface area contributed by atoms with Crippen molar-refractivity contribution in [1.29, 1.82) is 0 Å². The Balaban J connectivity index is 1.93. The molecule has 1 unspecified atom stereocenters. The molecule has 1 heterocycles. The van der Waals surface area contributed by atoms with E-state index in [1.165, 1.54) is 0 Å². The van der Waals surface area contributed by atoms with Gasteiger partial charge in [-0.25, -0.2) is 4.79 Å². The molecule has 132 valence electrons. The molecule has 25 heavy (non-hydrogen) atoms. The lowest BCUT2D eigenvalue weighted by Gasteiger charge is -2.39. The third-order valence-electron chi connectivity index (χ3n) is 4.47. The summed E-state index contributed by atoms with van der Waals surface area (Å²) in [6.45, 7) is 7.04. The number of hydrogen-bond acceptors (Lipinski definition) is 3. The van der Waals surface area contributed by atoms with Crippen LogP contribution >= 0.6 is 0 Å². The van der Waals surface area contributed by atoms with E-state index < -0.39 is 6.09 Å². The van der Waals surface area contributed by atoms with Crippen molar-refractivity contribution in [2.45, 2.75) is 26.8 Å². The van der Waals surface area contributed by atoms with Gasteiger partial charge in [0.05, 0.1) is 19.3 Å². The Kier molecular flexibility index (Phi) is 4.57. The number of fused-ring (bicyclic) bond motifs is 1. The van der Waals surface area contributed by atoms with E-state index in [0.29, 0.717) is 13.2 Å². The first-order chi connectivity index (χ1) is 11.9. The predicted molar refractivity (Wildman–Crippen MR) is 96.2 cm³/mol. The summed E-state index contributed by atoms with van der Waals surface area (Å²) in [4.78, 5) is 11.2. The van der Waals surface area contributed by atoms with Gasteiger partial charge >= 0.3 is 6.09 Å². The Morgan fingerprint density at radius 2 is 1.92 bits per heavy atom. The standard InChI is InChI=1S/C20H23NO4/c1-4-24-15-8-5-13(6-9-15)14-7-10-16-17(11-14)25-12-20(2,3)18(16)21-19(22)23/h5-11,18,21H,4,12H2,1-3H3,(H,22,23). The Labute approximate surface area is 147 Å². The Morgan fingerprint density at radius 1 is 1.24 bits per heavy atom. The van der Waals surface area contributed by atoms with Gasteiger partial charge in [-0.15, -0.1) is 0 Å². The number of carbonyl (C=O) groups is 1. The molecule has 5 heteroatoms. The highest BCUT2D eigenvalue weighted by atomic mass is 16.5. The maximum atomic E-state index is 11.2. The summed E-state index contributed by atoms with van der Waals surface area (Å²) in [6, 6.07) is 13.5. The average Bonchev–Trinajstić information content (AvgIpc) is 2.58. The summed E-state index contributed by atoms with van der Waals surface area (Å²) in [5, 5.41) is 11.8. The number of hydrogen-bond donors (Lipinski definition) is 2. The van der Waals surface area contributed by atoms with E-state index in [0.717, 1.165) is 28.2 Å². The minimum absolute atomic E-state index is 0.303. The van der Waals surface area contributed by atoms with Crippen molar-refractivity contribution in [2.24, 2.45) is 5.41 Å². The molecule has 1 atom stereocenters. The number of ether oxygens (including phenoxy) is 2. The molecule has 0 aromatic heterocycles. The van der Waals surface area contributed by atoms with Crippen LogP contribution in [0, 0.1) is 5.41 Å². The normalized spacial score (nSPS) is 18.0. The van der Waals surface area contributed by atoms with E-state index in [2.05, 4.69) is 5.32 Å². The molecule has 0 radical (unpaired) electrons. The first-order valence-corrected chi connectivity index (χ1v) is 8.40. The van der Waals surface area contributed by atoms with Crippen LogP contribution in [0.5, 0.6) is 11.5 Å². The van der Waals surface area contributed by atoms with Crippen molar-refractivity contribution in [3.8, 4) is 22.6 Å². The zero-order valence-electron chi connectivity index (χ0n) is 14.7. The molecule has 2 N–H and O–H groups in total. The molecular weight excluding hydrogens is 318 g/mol. The minimum atomic E-state index is -1.03. The SMILES string of the molecule is CCOc1ccc(-c2ccc3c(c2)OCC(C)(C)C3NC(=O)O)cc1. The molecule has 0 fully saturated rings. The van der Waals surface area contributed by atoms with Crippen LogP contribution < -0.4 is 14.8 Å². The van der Waals surface area contributed by atoms with Crippen LogP contribution in [0.1, 0.15) is 32.4 Å². The van der Waals surface area contributed by atoms with Crippen LogP contribution in [0.15, 0.2) is 42.5 Å². The van der Waals surface area contributed by atoms with Crippen LogP contribution in [-0.4, -0.2) is 24.4 Å². The molecule has 2 aromatic carbocycles. The van der Waals surface area contributed by atoms with Crippen LogP contribution in [0.2, 0.25) is 0 Å². The topological polar surface area (TPSA) is 67.8 Å². The van der Waals surface area contributed by atoms with E-state index in [4.69, 9.17) is 14.6 Å². The highest BCUT2D eigenvalue weighted by molar-refractivity contribution is 5.69. The highest BCUT2D eigenvalue weighted by Crippen LogP contribution is 2.44. The smallest absolute Gasteiger partial charge is 0.405 e. The van der Waals surface area contributed by atoms with Gasteiger partial charge in [0.2, 0.25) is 0 Å². The van der Waals surface area contributed by atoms with E-state index >= 15 is 0 Å². The summed E-state index contributed by atoms with van der Waals surface area (Å²) in [7, 11) is 0. The zero-order chi connectivity index (χ0) is 18.0. The first kappa shape index (κ1) is 17.1. The van der Waals surface area contributed by atoms with Crippen molar-refractivity contribution >= 4 is 6.09 Å². The summed E-state index contributed by atoms with van der Waals surface area (Å²) in [5.74, 6) is 1.57. The fourth-order valence-corrected chi connectivity index (χ4v) is 3.15. The van der Waals surface area contributed by atoms with Gasteiger partial charge < -0.3 is 19.9 Å². The lowest BCUT2D eigenvalue weighted by molar-refractivity contribution is 0.0996. The van der Waals surface area contributed by atoms with Crippen LogP contribution in [0.3, 0.4) is 0 Å². The summed E-state index contributed by atoms with van der Waals surface area (Å²) < 4.78 is 11.4. The molecule has 1 amide bonds. The Morgan fingerprint density at radius 3 is 2.56 bits per heavy atom. The van der Waals surface area contributed by atoms with E-state index in [1.54, 1.807) is 0 Å². The van der Waals surface area contributed by atoms with Gasteiger partial charge in [0.25, 0.3) is 0 Å². The quantitative estimate of drug-likeness (QED) is 0.860. The van der Waals surface area contributed by atoms with Gasteiger partial charge in [-0.1, -0.05) is 38.1 Å². The van der Waals surface area contributed by atoms with Crippen molar-refractivity contribution in [1.82, 2.24) is 5.32 Å². The van der Waals surface area contributed by atoms with Gasteiger partial charge in [0.15, 0.2) is 0 Å². The number of carboxylic acid groups (broad SMARTS) is 1. The third kappa shape index (κ3) is 3.55. The molecule has 0 aliphatic carbocycles. The van der Waals surface area contributed by atoms with Gasteiger partial charge in [-0.3, -0.25) is 0 Å². The van der Waals surface area contributed by atoms with Crippen molar-refractivity contribution in [2.75, 3.05) is 13.2 Å². The zero-order valence-corrected chi connectivity index (χ0v) is 14.7. The summed E-state index contributed by atoms with van der Waals surface area (Å²) in [6.07, 6.45) is -1.03. The molecular formula is C20H23NO4. The van der Waals surface area contributed by atoms with Crippen LogP contribution in [0.4, 0.5) is 4.79 Å². The Hall–Kier alpha value is -2.69. The average molecular weight is 341 g/mol. The van der Waals surface area contributed by atoms with Gasteiger partial charge in [0.1, 0.15) is 11.5 Å². The Bertz CT molecular complexity index is 768. The second-order valence-corrected chi connectivity index (χ2v) is 6.87. The van der Waals surface area contributed by atoms with E-state index in [1.807, 2.05) is 63.2 Å². The number of rotatable bonds is 4. The third-order valence-corrected chi connectivity index (χ3v) is 4.47. The molecule has 3 rings (SSSR count). The number of nitrogens with one attached hydrogen (secondary N) is 1. The molecule has 0 saturated heterocycles. The lowest BCUT2D eigenvalue weighted by atomic mass is 9.78. The maximum Gasteiger partial charge on any atom is 0.405 e.